The first-order valence-electron chi connectivity index (χ1n) is 5.46. The van der Waals surface area contributed by atoms with Crippen molar-refractivity contribution in [2.75, 3.05) is 0 Å². The highest BCUT2D eigenvalue weighted by Gasteiger charge is 2.17. The third-order valence-corrected chi connectivity index (χ3v) is 4.17. The maximum atomic E-state index is 6.28. The van der Waals surface area contributed by atoms with Crippen LogP contribution in [-0.2, 0) is 0 Å². The molecule has 0 saturated heterocycles. The number of alkyl halides is 1. The third-order valence-electron chi connectivity index (χ3n) is 2.90. The first-order chi connectivity index (χ1) is 7.99. The monoisotopic (exact) mass is 312 g/mol. The highest BCUT2D eigenvalue weighted by atomic mass is 79.9. The second-order valence-corrected chi connectivity index (χ2v) is 5.59. The molecular formula is C14H14BrClO. The van der Waals surface area contributed by atoms with E-state index in [0.717, 1.165) is 22.1 Å². The predicted molar refractivity (Wildman–Crippen MR) is 75.1 cm³/mol. The van der Waals surface area contributed by atoms with Crippen LogP contribution in [0, 0.1) is 20.8 Å². The minimum absolute atomic E-state index is 0.00278. The van der Waals surface area contributed by atoms with Gasteiger partial charge in [-0.3, -0.25) is 0 Å². The van der Waals surface area contributed by atoms with Crippen molar-refractivity contribution in [2.24, 2.45) is 0 Å². The molecule has 0 spiro atoms. The van der Waals surface area contributed by atoms with Gasteiger partial charge in [-0.25, -0.2) is 0 Å². The van der Waals surface area contributed by atoms with E-state index in [1.165, 1.54) is 11.1 Å². The van der Waals surface area contributed by atoms with Gasteiger partial charge in [-0.1, -0.05) is 33.6 Å². The van der Waals surface area contributed by atoms with Gasteiger partial charge < -0.3 is 4.42 Å². The summed E-state index contributed by atoms with van der Waals surface area (Å²) in [6, 6.07) is 8.03. The van der Waals surface area contributed by atoms with Crippen LogP contribution in [0.1, 0.15) is 33.0 Å². The van der Waals surface area contributed by atoms with E-state index < -0.39 is 0 Å². The molecule has 0 fully saturated rings. The normalized spacial score (nSPS) is 12.8. The standard InChI is InChI=1S/C14H14BrClO/c1-8-6-11(12(16)7-9(8)2)14(15)13-5-4-10(3)17-13/h4-7,14H,1-3H3. The molecule has 0 bridgehead atoms. The molecule has 0 N–H and O–H groups in total. The first-order valence-corrected chi connectivity index (χ1v) is 6.75. The van der Waals surface area contributed by atoms with Gasteiger partial charge in [0.2, 0.25) is 0 Å². The van der Waals surface area contributed by atoms with E-state index in [1.807, 2.05) is 25.1 Å². The number of aryl methyl sites for hydroxylation is 3. The van der Waals surface area contributed by atoms with Gasteiger partial charge in [0.25, 0.3) is 0 Å². The van der Waals surface area contributed by atoms with Crippen LogP contribution in [0.4, 0.5) is 0 Å². The molecule has 0 aliphatic rings. The van der Waals surface area contributed by atoms with Crippen molar-refractivity contribution in [1.82, 2.24) is 0 Å². The number of hydrogen-bond donors (Lipinski definition) is 0. The zero-order valence-electron chi connectivity index (χ0n) is 10.1. The molecule has 2 aromatic rings. The smallest absolute Gasteiger partial charge is 0.122 e. The Morgan fingerprint density at radius 3 is 2.35 bits per heavy atom. The van der Waals surface area contributed by atoms with Gasteiger partial charge >= 0.3 is 0 Å². The zero-order chi connectivity index (χ0) is 12.6. The largest absolute Gasteiger partial charge is 0.465 e. The van der Waals surface area contributed by atoms with Crippen molar-refractivity contribution in [2.45, 2.75) is 25.6 Å². The molecule has 17 heavy (non-hydrogen) atoms. The van der Waals surface area contributed by atoms with Crippen LogP contribution in [0.25, 0.3) is 0 Å². The van der Waals surface area contributed by atoms with Crippen LogP contribution in [0.3, 0.4) is 0 Å². The molecular weight excluding hydrogens is 300 g/mol. The Bertz CT molecular complexity index is 545. The summed E-state index contributed by atoms with van der Waals surface area (Å²) in [6.45, 7) is 6.08. The highest BCUT2D eigenvalue weighted by molar-refractivity contribution is 9.09. The van der Waals surface area contributed by atoms with Crippen LogP contribution < -0.4 is 0 Å². The predicted octanol–water partition coefficient (Wildman–Crippen LogP) is 5.34. The molecule has 1 atom stereocenters. The van der Waals surface area contributed by atoms with Gasteiger partial charge in [-0.2, -0.15) is 0 Å². The van der Waals surface area contributed by atoms with Crippen LogP contribution >= 0.6 is 27.5 Å². The molecule has 1 nitrogen and oxygen atoms in total. The van der Waals surface area contributed by atoms with Crippen LogP contribution in [0.2, 0.25) is 5.02 Å². The summed E-state index contributed by atoms with van der Waals surface area (Å²) in [5.74, 6) is 1.79. The van der Waals surface area contributed by atoms with Crippen molar-refractivity contribution in [3.05, 3.63) is 57.5 Å². The summed E-state index contributed by atoms with van der Waals surface area (Å²) in [5, 5.41) is 0.768. The Balaban J connectivity index is 2.43. The fraction of sp³-hybridized carbons (Fsp3) is 0.286. The maximum Gasteiger partial charge on any atom is 0.122 e. The molecule has 1 heterocycles. The fourth-order valence-electron chi connectivity index (χ4n) is 1.74. The Morgan fingerprint density at radius 2 is 1.76 bits per heavy atom. The van der Waals surface area contributed by atoms with Gasteiger partial charge in [-0.15, -0.1) is 0 Å². The van der Waals surface area contributed by atoms with E-state index in [0.29, 0.717) is 0 Å². The molecule has 1 unspecified atom stereocenters. The number of hydrogen-bond acceptors (Lipinski definition) is 1. The Labute approximate surface area is 115 Å². The SMILES string of the molecule is Cc1ccc(C(Br)c2cc(C)c(C)cc2Cl)o1. The lowest BCUT2D eigenvalue weighted by molar-refractivity contribution is 0.492. The summed E-state index contributed by atoms with van der Waals surface area (Å²) in [7, 11) is 0. The number of halogens is 2. The lowest BCUT2D eigenvalue weighted by Gasteiger charge is -2.12. The number of rotatable bonds is 2. The van der Waals surface area contributed by atoms with Crippen molar-refractivity contribution < 1.29 is 4.42 Å². The van der Waals surface area contributed by atoms with Gasteiger partial charge in [0.15, 0.2) is 0 Å². The van der Waals surface area contributed by atoms with Crippen LogP contribution in [-0.4, -0.2) is 0 Å². The first kappa shape index (κ1) is 12.7. The van der Waals surface area contributed by atoms with E-state index in [4.69, 9.17) is 16.0 Å². The highest BCUT2D eigenvalue weighted by Crippen LogP contribution is 2.37. The molecule has 0 amide bonds. The summed E-state index contributed by atoms with van der Waals surface area (Å²) in [4.78, 5) is 0.00278. The van der Waals surface area contributed by atoms with E-state index in [-0.39, 0.29) is 4.83 Å². The van der Waals surface area contributed by atoms with Gasteiger partial charge in [0.05, 0.1) is 4.83 Å². The average molecular weight is 314 g/mol. The summed E-state index contributed by atoms with van der Waals surface area (Å²) < 4.78 is 5.62. The minimum atomic E-state index is 0.00278. The second kappa shape index (κ2) is 4.87. The zero-order valence-corrected chi connectivity index (χ0v) is 12.4. The third kappa shape index (κ3) is 2.58. The Morgan fingerprint density at radius 1 is 1.12 bits per heavy atom. The van der Waals surface area contributed by atoms with E-state index in [2.05, 4.69) is 35.8 Å². The van der Waals surface area contributed by atoms with Crippen molar-refractivity contribution in [3.8, 4) is 0 Å². The van der Waals surface area contributed by atoms with Crippen molar-refractivity contribution in [1.29, 1.82) is 0 Å². The van der Waals surface area contributed by atoms with E-state index in [1.54, 1.807) is 0 Å². The Kier molecular flexibility index (Phi) is 3.64. The minimum Gasteiger partial charge on any atom is -0.465 e. The van der Waals surface area contributed by atoms with E-state index >= 15 is 0 Å². The summed E-state index contributed by atoms with van der Waals surface area (Å²) in [6.07, 6.45) is 0. The molecule has 0 aliphatic carbocycles. The maximum absolute atomic E-state index is 6.28. The van der Waals surface area contributed by atoms with Gasteiger partial charge in [-0.05, 0) is 55.7 Å². The fourth-order valence-corrected chi connectivity index (χ4v) is 2.82. The lowest BCUT2D eigenvalue weighted by atomic mass is 10.0. The van der Waals surface area contributed by atoms with Crippen LogP contribution in [0.15, 0.2) is 28.7 Å². The quantitative estimate of drug-likeness (QED) is 0.682. The molecule has 0 radical (unpaired) electrons. The molecule has 90 valence electrons. The van der Waals surface area contributed by atoms with E-state index in [9.17, 15) is 0 Å². The summed E-state index contributed by atoms with van der Waals surface area (Å²) >= 11 is 9.92. The topological polar surface area (TPSA) is 13.1 Å². The van der Waals surface area contributed by atoms with Crippen LogP contribution in [0.5, 0.6) is 0 Å². The molecule has 2 rings (SSSR count). The second-order valence-electron chi connectivity index (χ2n) is 4.27. The van der Waals surface area contributed by atoms with Gasteiger partial charge in [0.1, 0.15) is 11.5 Å². The van der Waals surface area contributed by atoms with Crippen molar-refractivity contribution >= 4 is 27.5 Å². The average Bonchev–Trinajstić information content (AvgIpc) is 2.69. The molecule has 0 aliphatic heterocycles. The molecule has 1 aromatic heterocycles. The molecule has 0 saturated carbocycles. The number of furan rings is 1. The lowest BCUT2D eigenvalue weighted by Crippen LogP contribution is -1.94. The summed E-state index contributed by atoms with van der Waals surface area (Å²) in [5.41, 5.74) is 3.48. The Hall–Kier alpha value is -0.730. The van der Waals surface area contributed by atoms with Crippen molar-refractivity contribution in [3.63, 3.8) is 0 Å². The molecule has 1 aromatic carbocycles. The number of benzene rings is 1. The van der Waals surface area contributed by atoms with Gasteiger partial charge in [0, 0.05) is 5.02 Å². The molecule has 3 heteroatoms.